The van der Waals surface area contributed by atoms with Crippen molar-refractivity contribution in [2.75, 3.05) is 6.61 Å². The Morgan fingerprint density at radius 3 is 2.20 bits per heavy atom. The standard InChI is InChI=1S/C12H17N2O14P3.4Li/c1-2-3-7-5-14(12(17)13-11(7)16)10-4-8(15)9(26-10)6-25-30(21,22)28-31(23,24)27-29(18,19)20;;;;/h5,8-10,15H,4,6H2,1H3,(H,21,22)(H,23,24)(H,13,16,17)(H2,18,19,20);;;;/q;4*+1/p-4. The second-order valence-corrected chi connectivity index (χ2v) is 10.1. The number of aliphatic hydroxyl groups is 1. The zero-order chi connectivity index (χ0) is 23.6. The van der Waals surface area contributed by atoms with Gasteiger partial charge in [-0.2, -0.15) is 0 Å². The largest absolute Gasteiger partial charge is 1.00 e. The van der Waals surface area contributed by atoms with Crippen molar-refractivity contribution in [1.82, 2.24) is 9.55 Å². The van der Waals surface area contributed by atoms with Crippen molar-refractivity contribution in [2.45, 2.75) is 31.8 Å². The fourth-order valence-electron chi connectivity index (χ4n) is 2.41. The van der Waals surface area contributed by atoms with E-state index in [1.165, 1.54) is 6.92 Å². The third kappa shape index (κ3) is 13.0. The molecule has 1 aliphatic heterocycles. The molecule has 2 rings (SSSR count). The van der Waals surface area contributed by atoms with E-state index >= 15 is 0 Å². The molecular formula is C12H13Li4N2O14P3. The van der Waals surface area contributed by atoms with Gasteiger partial charge in [-0.05, 0) is 6.92 Å². The maximum Gasteiger partial charge on any atom is 1.00 e. The van der Waals surface area contributed by atoms with E-state index < -0.39 is 59.8 Å². The van der Waals surface area contributed by atoms with Gasteiger partial charge in [0.25, 0.3) is 21.2 Å². The fourth-order valence-corrected chi connectivity index (χ4v) is 5.27. The molecule has 1 aromatic rings. The van der Waals surface area contributed by atoms with E-state index in [0.29, 0.717) is 0 Å². The van der Waals surface area contributed by atoms with E-state index in [9.17, 15) is 48.0 Å². The molecule has 0 aromatic carbocycles. The smallest absolute Gasteiger partial charge is 0.790 e. The van der Waals surface area contributed by atoms with Crippen LogP contribution in [0.25, 0.3) is 0 Å². The first-order valence-corrected chi connectivity index (χ1v) is 12.3. The summed E-state index contributed by atoms with van der Waals surface area (Å²) in [5.41, 5.74) is -1.76. The molecule has 1 saturated heterocycles. The minimum absolute atomic E-state index is 0. The van der Waals surface area contributed by atoms with Crippen LogP contribution in [0.4, 0.5) is 0 Å². The van der Waals surface area contributed by atoms with Gasteiger partial charge in [0, 0.05) is 12.6 Å². The Kier molecular flexibility index (Phi) is 18.7. The van der Waals surface area contributed by atoms with E-state index in [-0.39, 0.29) is 87.4 Å². The summed E-state index contributed by atoms with van der Waals surface area (Å²) in [6.07, 6.45) is -3.22. The molecule has 16 nitrogen and oxygen atoms in total. The van der Waals surface area contributed by atoms with Crippen molar-refractivity contribution in [3.05, 3.63) is 32.6 Å². The SMILES string of the molecule is CC#Cc1cn(C2CC(O)C(COP(=O)([O-])OP(=O)([O-])OP(=O)([O-])[O-])O2)c(=O)[nH]c1=O.[Li+].[Li+].[Li+].[Li+]. The summed E-state index contributed by atoms with van der Waals surface area (Å²) in [6, 6.07) is 0. The Hall–Kier alpha value is 0.960. The molecule has 174 valence electrons. The third-order valence-electron chi connectivity index (χ3n) is 3.54. The van der Waals surface area contributed by atoms with Gasteiger partial charge in [0.05, 0.1) is 20.5 Å². The van der Waals surface area contributed by atoms with Gasteiger partial charge in [0.15, 0.2) is 0 Å². The normalized spacial score (nSPS) is 22.4. The predicted octanol–water partition coefficient (Wildman–Crippen LogP) is -15.6. The molecule has 35 heavy (non-hydrogen) atoms. The van der Waals surface area contributed by atoms with Gasteiger partial charge >= 0.3 is 81.1 Å². The number of hydrogen-bond acceptors (Lipinski definition) is 14. The summed E-state index contributed by atoms with van der Waals surface area (Å²) >= 11 is 0. The number of nitrogens with one attached hydrogen (secondary N) is 1. The van der Waals surface area contributed by atoms with Crippen LogP contribution in [-0.2, 0) is 31.6 Å². The van der Waals surface area contributed by atoms with Gasteiger partial charge in [0.2, 0.25) is 0 Å². The van der Waals surface area contributed by atoms with Crippen molar-refractivity contribution in [3.8, 4) is 11.8 Å². The maximum atomic E-state index is 12.0. The Morgan fingerprint density at radius 2 is 1.69 bits per heavy atom. The van der Waals surface area contributed by atoms with Gasteiger partial charge in [-0.15, -0.1) is 5.92 Å². The van der Waals surface area contributed by atoms with E-state index in [4.69, 9.17) is 4.74 Å². The predicted molar refractivity (Wildman–Crippen MR) is 89.4 cm³/mol. The summed E-state index contributed by atoms with van der Waals surface area (Å²) in [6.45, 7) is 0.421. The Morgan fingerprint density at radius 1 is 1.11 bits per heavy atom. The first-order valence-electron chi connectivity index (χ1n) is 7.95. The van der Waals surface area contributed by atoms with Crippen LogP contribution < -0.4 is 106 Å². The molecule has 0 spiro atoms. The van der Waals surface area contributed by atoms with Gasteiger partial charge in [-0.3, -0.25) is 27.8 Å². The first kappa shape index (κ1) is 40.5. The topological polar surface area (TPSA) is 255 Å². The van der Waals surface area contributed by atoms with E-state index in [0.717, 1.165) is 10.8 Å². The molecule has 0 amide bonds. The van der Waals surface area contributed by atoms with Crippen molar-refractivity contribution >= 4 is 23.5 Å². The Balaban J connectivity index is -0.00000256. The molecule has 1 aliphatic rings. The molecule has 5 atom stereocenters. The number of aliphatic hydroxyl groups excluding tert-OH is 1. The summed E-state index contributed by atoms with van der Waals surface area (Å²) in [5, 5.41) is 10.0. The van der Waals surface area contributed by atoms with E-state index in [1.54, 1.807) is 0 Å². The van der Waals surface area contributed by atoms with Crippen molar-refractivity contribution in [2.24, 2.45) is 0 Å². The number of ether oxygens (including phenoxy) is 1. The average molecular weight is 530 g/mol. The van der Waals surface area contributed by atoms with Crippen molar-refractivity contribution < 1.29 is 132 Å². The van der Waals surface area contributed by atoms with Crippen LogP contribution in [0, 0.1) is 11.8 Å². The zero-order valence-electron chi connectivity index (χ0n) is 19.3. The van der Waals surface area contributed by atoms with Crippen LogP contribution in [0.5, 0.6) is 0 Å². The molecular weight excluding hydrogens is 517 g/mol. The number of phosphoric ester groups is 1. The average Bonchev–Trinajstić information content (AvgIpc) is 2.93. The molecule has 0 aliphatic carbocycles. The van der Waals surface area contributed by atoms with Gasteiger partial charge < -0.3 is 38.5 Å². The molecule has 1 aromatic heterocycles. The van der Waals surface area contributed by atoms with E-state index in [1.807, 2.05) is 4.98 Å². The number of aromatic amines is 1. The quantitative estimate of drug-likeness (QED) is 0.180. The summed E-state index contributed by atoms with van der Waals surface area (Å²) in [5.74, 6) is 4.91. The maximum absolute atomic E-state index is 12.0. The number of aromatic nitrogens is 2. The second kappa shape index (κ2) is 16.2. The number of H-pyrrole nitrogens is 1. The number of phosphoric acid groups is 3. The minimum Gasteiger partial charge on any atom is -0.790 e. The molecule has 0 saturated carbocycles. The minimum atomic E-state index is -6.13. The third-order valence-corrected chi connectivity index (χ3v) is 7.20. The molecule has 5 unspecified atom stereocenters. The summed E-state index contributed by atoms with van der Waals surface area (Å²) < 4.78 is 49.7. The van der Waals surface area contributed by atoms with Crippen LogP contribution in [0.3, 0.4) is 0 Å². The van der Waals surface area contributed by atoms with Crippen LogP contribution in [0.2, 0.25) is 0 Å². The monoisotopic (exact) mass is 530 g/mol. The summed E-state index contributed by atoms with van der Waals surface area (Å²) in [7, 11) is -18.0. The molecule has 2 heterocycles. The fraction of sp³-hybridized carbons (Fsp3) is 0.500. The molecule has 0 radical (unpaired) electrons. The van der Waals surface area contributed by atoms with Crippen LogP contribution in [-0.4, -0.2) is 33.5 Å². The number of rotatable bonds is 8. The van der Waals surface area contributed by atoms with Crippen molar-refractivity contribution in [3.63, 3.8) is 0 Å². The Bertz CT molecular complexity index is 1160. The molecule has 1 fully saturated rings. The first-order chi connectivity index (χ1) is 14.1. The summed E-state index contributed by atoms with van der Waals surface area (Å²) in [4.78, 5) is 68.8. The van der Waals surface area contributed by atoms with Crippen molar-refractivity contribution in [1.29, 1.82) is 0 Å². The Labute approximate surface area is 246 Å². The molecule has 0 bridgehead atoms. The van der Waals surface area contributed by atoms with E-state index in [2.05, 4.69) is 25.0 Å². The van der Waals surface area contributed by atoms with Crippen LogP contribution in [0.1, 0.15) is 25.1 Å². The van der Waals surface area contributed by atoms with Crippen LogP contribution in [0.15, 0.2) is 15.8 Å². The van der Waals surface area contributed by atoms with Gasteiger partial charge in [0.1, 0.15) is 17.9 Å². The molecule has 2 N–H and O–H groups in total. The van der Waals surface area contributed by atoms with Gasteiger partial charge in [-0.25, -0.2) is 9.11 Å². The number of hydrogen-bond donors (Lipinski definition) is 2. The number of nitrogens with zero attached hydrogens (tertiary/aromatic N) is 1. The molecule has 23 heteroatoms. The van der Waals surface area contributed by atoms with Gasteiger partial charge in [-0.1, -0.05) is 5.92 Å². The van der Waals surface area contributed by atoms with Crippen LogP contribution >= 0.6 is 23.5 Å². The second-order valence-electron chi connectivity index (χ2n) is 5.82. The zero-order valence-corrected chi connectivity index (χ0v) is 22.0.